The molecule has 1 N–H and O–H groups in total. The molecule has 1 saturated heterocycles. The predicted molar refractivity (Wildman–Crippen MR) is 60.1 cm³/mol. The highest BCUT2D eigenvalue weighted by Gasteiger charge is 2.34. The first kappa shape index (κ1) is 9.92. The lowest BCUT2D eigenvalue weighted by Crippen LogP contribution is -2.35. The summed E-state index contributed by atoms with van der Waals surface area (Å²) in [5.74, 6) is -0.177. The van der Waals surface area contributed by atoms with Crippen LogP contribution in [0.3, 0.4) is 0 Å². The van der Waals surface area contributed by atoms with Gasteiger partial charge in [0.05, 0.1) is 5.69 Å². The minimum absolute atomic E-state index is 0.163. The molecule has 1 heterocycles. The summed E-state index contributed by atoms with van der Waals surface area (Å²) in [5.41, 5.74) is 3.69. The molecule has 1 aliphatic rings. The lowest BCUT2D eigenvalue weighted by molar-refractivity contribution is -0.128. The normalized spacial score (nSPS) is 20.3. The second kappa shape index (κ2) is 3.86. The number of carbonyl (C=O) groups is 1. The number of hydrogen-bond donors (Lipinski definition) is 1. The van der Waals surface area contributed by atoms with Gasteiger partial charge in [-0.15, -0.1) is 0 Å². The highest BCUT2D eigenvalue weighted by Crippen LogP contribution is 2.15. The molecule has 1 fully saturated rings. The molecule has 2 rings (SSSR count). The summed E-state index contributed by atoms with van der Waals surface area (Å²) < 4.78 is 5.10. The van der Waals surface area contributed by atoms with E-state index in [1.165, 1.54) is 5.01 Å². The number of nitrogens with one attached hydrogen (secondary N) is 1. The summed E-state index contributed by atoms with van der Waals surface area (Å²) in [6.07, 6.45) is -0.506. The summed E-state index contributed by atoms with van der Waals surface area (Å²) in [4.78, 5) is 11.6. The zero-order chi connectivity index (χ0) is 10.8. The molecule has 0 bridgehead atoms. The first-order valence-electron chi connectivity index (χ1n) is 4.55. The van der Waals surface area contributed by atoms with Crippen LogP contribution in [0.25, 0.3) is 0 Å². The van der Waals surface area contributed by atoms with E-state index in [0.29, 0.717) is 0 Å². The first-order valence-corrected chi connectivity index (χ1v) is 4.95. The maximum absolute atomic E-state index is 11.6. The molecule has 0 saturated carbocycles. The lowest BCUT2D eigenvalue weighted by atomic mass is 10.3. The molecule has 78 valence electrons. The van der Waals surface area contributed by atoms with E-state index in [0.717, 1.165) is 5.69 Å². The van der Waals surface area contributed by atoms with Gasteiger partial charge < -0.3 is 4.74 Å². The van der Waals surface area contributed by atoms with Crippen LogP contribution in [-0.4, -0.2) is 22.2 Å². The van der Waals surface area contributed by atoms with E-state index >= 15 is 0 Å². The summed E-state index contributed by atoms with van der Waals surface area (Å²) in [5, 5.41) is 1.41. The Kier molecular flexibility index (Phi) is 2.55. The molecule has 1 amide bonds. The van der Waals surface area contributed by atoms with Gasteiger partial charge in [0.25, 0.3) is 11.1 Å². The van der Waals surface area contributed by atoms with Crippen molar-refractivity contribution < 1.29 is 9.53 Å². The molecule has 1 aromatic carbocycles. The maximum atomic E-state index is 11.6. The van der Waals surface area contributed by atoms with E-state index in [-0.39, 0.29) is 11.1 Å². The van der Waals surface area contributed by atoms with Crippen molar-refractivity contribution in [1.29, 1.82) is 0 Å². The fraction of sp³-hybridized carbons (Fsp3) is 0.200. The van der Waals surface area contributed by atoms with Gasteiger partial charge in [0.1, 0.15) is 0 Å². The Bertz CT molecular complexity index is 394. The molecule has 1 atom stereocenters. The van der Waals surface area contributed by atoms with Crippen LogP contribution >= 0.6 is 12.2 Å². The number of hydrogen-bond acceptors (Lipinski definition) is 4. The number of amides is 1. The van der Waals surface area contributed by atoms with Crippen LogP contribution in [0.4, 0.5) is 5.69 Å². The van der Waals surface area contributed by atoms with Gasteiger partial charge in [-0.05, 0) is 31.3 Å². The average Bonchev–Trinajstić information content (AvgIpc) is 2.47. The van der Waals surface area contributed by atoms with E-state index in [9.17, 15) is 4.79 Å². The van der Waals surface area contributed by atoms with E-state index in [4.69, 9.17) is 17.0 Å². The predicted octanol–water partition coefficient (Wildman–Crippen LogP) is 1.55. The van der Waals surface area contributed by atoms with Crippen molar-refractivity contribution >= 4 is 29.0 Å². The Morgan fingerprint density at radius 2 is 2.07 bits per heavy atom. The van der Waals surface area contributed by atoms with Crippen molar-refractivity contribution in [3.8, 4) is 0 Å². The topological polar surface area (TPSA) is 41.6 Å². The smallest absolute Gasteiger partial charge is 0.289 e. The van der Waals surface area contributed by atoms with Crippen molar-refractivity contribution in [2.75, 3.05) is 5.43 Å². The molecule has 1 unspecified atom stereocenters. The van der Waals surface area contributed by atoms with Gasteiger partial charge in [-0.3, -0.25) is 10.2 Å². The van der Waals surface area contributed by atoms with Gasteiger partial charge in [0.15, 0.2) is 6.10 Å². The minimum atomic E-state index is -0.506. The van der Waals surface area contributed by atoms with Gasteiger partial charge in [0.2, 0.25) is 0 Å². The SMILES string of the molecule is CC1OC(=S)N(Nc2ccccc2)C1=O. The third kappa shape index (κ3) is 1.92. The Hall–Kier alpha value is -1.62. The number of hydrazine groups is 1. The Balaban J connectivity index is 2.13. The molecule has 0 radical (unpaired) electrons. The number of para-hydroxylation sites is 1. The van der Waals surface area contributed by atoms with Crippen LogP contribution in [-0.2, 0) is 9.53 Å². The van der Waals surface area contributed by atoms with E-state index in [2.05, 4.69) is 5.43 Å². The summed E-state index contributed by atoms with van der Waals surface area (Å²) in [6, 6.07) is 9.33. The average molecular weight is 222 g/mol. The van der Waals surface area contributed by atoms with E-state index < -0.39 is 6.10 Å². The Labute approximate surface area is 92.8 Å². The largest absolute Gasteiger partial charge is 0.456 e. The standard InChI is InChI=1S/C10H10N2O2S/c1-7-9(13)12(10(15)14-7)11-8-5-3-2-4-6-8/h2-7,11H,1H3. The van der Waals surface area contributed by atoms with Gasteiger partial charge >= 0.3 is 0 Å². The van der Waals surface area contributed by atoms with Gasteiger partial charge in [-0.1, -0.05) is 18.2 Å². The number of nitrogens with zero attached hydrogens (tertiary/aromatic N) is 1. The zero-order valence-electron chi connectivity index (χ0n) is 8.14. The second-order valence-electron chi connectivity index (χ2n) is 3.18. The van der Waals surface area contributed by atoms with Crippen LogP contribution in [0.2, 0.25) is 0 Å². The number of rotatable bonds is 2. The third-order valence-electron chi connectivity index (χ3n) is 2.04. The Morgan fingerprint density at radius 3 is 2.60 bits per heavy atom. The van der Waals surface area contributed by atoms with Crippen LogP contribution in [0.1, 0.15) is 6.92 Å². The second-order valence-corrected chi connectivity index (χ2v) is 3.53. The molecule has 1 aromatic rings. The molecular weight excluding hydrogens is 212 g/mol. The van der Waals surface area contributed by atoms with Crippen LogP contribution in [0, 0.1) is 0 Å². The van der Waals surface area contributed by atoms with Crippen molar-refractivity contribution in [3.05, 3.63) is 30.3 Å². The molecule has 0 aliphatic carbocycles. The molecule has 15 heavy (non-hydrogen) atoms. The minimum Gasteiger partial charge on any atom is -0.456 e. The van der Waals surface area contributed by atoms with Gasteiger partial charge in [-0.2, -0.15) is 5.01 Å². The number of thiocarbonyl (C=S) groups is 1. The number of ether oxygens (including phenoxy) is 1. The fourth-order valence-electron chi connectivity index (χ4n) is 1.27. The van der Waals surface area contributed by atoms with Gasteiger partial charge in [0, 0.05) is 0 Å². The number of benzene rings is 1. The molecular formula is C10H10N2O2S. The Morgan fingerprint density at radius 1 is 1.40 bits per heavy atom. The molecule has 5 heteroatoms. The molecule has 0 spiro atoms. The molecule has 1 aliphatic heterocycles. The van der Waals surface area contributed by atoms with Gasteiger partial charge in [-0.25, -0.2) is 0 Å². The van der Waals surface area contributed by atoms with Crippen LogP contribution < -0.4 is 5.43 Å². The number of anilines is 1. The van der Waals surface area contributed by atoms with E-state index in [1.807, 2.05) is 30.3 Å². The summed E-state index contributed by atoms with van der Waals surface area (Å²) in [7, 11) is 0. The van der Waals surface area contributed by atoms with Crippen molar-refractivity contribution in [2.45, 2.75) is 13.0 Å². The molecule has 0 aromatic heterocycles. The monoisotopic (exact) mass is 222 g/mol. The summed E-state index contributed by atoms with van der Waals surface area (Å²) >= 11 is 4.91. The maximum Gasteiger partial charge on any atom is 0.289 e. The van der Waals surface area contributed by atoms with Crippen LogP contribution in [0.5, 0.6) is 0 Å². The quantitative estimate of drug-likeness (QED) is 0.771. The van der Waals surface area contributed by atoms with Crippen molar-refractivity contribution in [1.82, 2.24) is 5.01 Å². The van der Waals surface area contributed by atoms with Crippen LogP contribution in [0.15, 0.2) is 30.3 Å². The van der Waals surface area contributed by atoms with E-state index in [1.54, 1.807) is 6.92 Å². The fourth-order valence-corrected chi connectivity index (χ4v) is 1.55. The lowest BCUT2D eigenvalue weighted by Gasteiger charge is -2.15. The summed E-state index contributed by atoms with van der Waals surface area (Å²) in [6.45, 7) is 1.67. The molecule has 4 nitrogen and oxygen atoms in total. The third-order valence-corrected chi connectivity index (χ3v) is 2.32. The number of carbonyl (C=O) groups excluding carboxylic acids is 1. The van der Waals surface area contributed by atoms with Crippen molar-refractivity contribution in [2.24, 2.45) is 0 Å². The highest BCUT2D eigenvalue weighted by atomic mass is 32.1. The van der Waals surface area contributed by atoms with Crippen molar-refractivity contribution in [3.63, 3.8) is 0 Å². The first-order chi connectivity index (χ1) is 7.18. The zero-order valence-corrected chi connectivity index (χ0v) is 8.95. The highest BCUT2D eigenvalue weighted by molar-refractivity contribution is 7.80.